The molecule has 2 N–H and O–H groups in total. The Labute approximate surface area is 205 Å². The molecule has 0 amide bonds. The van der Waals surface area contributed by atoms with E-state index < -0.39 is 30.5 Å². The molecule has 0 atom stereocenters. The fourth-order valence-corrected chi connectivity index (χ4v) is 3.05. The van der Waals surface area contributed by atoms with E-state index in [0.29, 0.717) is 0 Å². The third-order valence-electron chi connectivity index (χ3n) is 4.72. The monoisotopic (exact) mass is 521 g/mol. The van der Waals surface area contributed by atoms with Gasteiger partial charge in [0, 0.05) is 30.2 Å². The van der Waals surface area contributed by atoms with Gasteiger partial charge in [-0.15, -0.1) is 0 Å². The van der Waals surface area contributed by atoms with Crippen LogP contribution in [0.5, 0.6) is 6.01 Å². The number of aromatic nitrogens is 5. The van der Waals surface area contributed by atoms with Crippen molar-refractivity contribution in [3.8, 4) is 17.1 Å². The van der Waals surface area contributed by atoms with Gasteiger partial charge in [-0.2, -0.15) is 41.3 Å². The molecule has 192 valence electrons. The van der Waals surface area contributed by atoms with Crippen LogP contribution in [0.4, 0.5) is 43.9 Å². The van der Waals surface area contributed by atoms with E-state index in [1.165, 1.54) is 12.4 Å². The summed E-state index contributed by atoms with van der Waals surface area (Å²) in [5.74, 6) is -0.462. The smallest absolute Gasteiger partial charge is 0.422 e. The lowest BCUT2D eigenvalue weighted by Gasteiger charge is -2.13. The number of rotatable bonds is 8. The molecule has 0 saturated heterocycles. The lowest BCUT2D eigenvalue weighted by Crippen LogP contribution is -2.21. The van der Waals surface area contributed by atoms with Gasteiger partial charge >= 0.3 is 18.4 Å². The Morgan fingerprint density at radius 2 is 1.49 bits per heavy atom. The van der Waals surface area contributed by atoms with Crippen molar-refractivity contribution in [3.63, 3.8) is 0 Å². The molecule has 2 heterocycles. The molecule has 8 nitrogen and oxygen atoms in total. The van der Waals surface area contributed by atoms with Crippen molar-refractivity contribution < 1.29 is 31.1 Å². The highest BCUT2D eigenvalue weighted by molar-refractivity contribution is 5.61. The third-order valence-corrected chi connectivity index (χ3v) is 4.72. The van der Waals surface area contributed by atoms with E-state index >= 15 is 0 Å². The van der Waals surface area contributed by atoms with Crippen LogP contribution in [0.1, 0.15) is 11.1 Å². The molecule has 0 bridgehead atoms. The van der Waals surface area contributed by atoms with Gasteiger partial charge in [-0.05, 0) is 29.3 Å². The Bertz CT molecular complexity index is 1330. The van der Waals surface area contributed by atoms with Crippen LogP contribution in [-0.4, -0.2) is 37.7 Å². The summed E-state index contributed by atoms with van der Waals surface area (Å²) in [6.45, 7) is -1.48. The van der Waals surface area contributed by atoms with E-state index in [0.717, 1.165) is 34.9 Å². The van der Waals surface area contributed by atoms with Crippen LogP contribution < -0.4 is 15.4 Å². The number of anilines is 3. The summed E-state index contributed by atoms with van der Waals surface area (Å²) < 4.78 is 81.6. The quantitative estimate of drug-likeness (QED) is 0.288. The van der Waals surface area contributed by atoms with Crippen LogP contribution in [0.25, 0.3) is 11.1 Å². The van der Waals surface area contributed by atoms with E-state index in [-0.39, 0.29) is 24.1 Å². The lowest BCUT2D eigenvalue weighted by atomic mass is 10.1. The minimum absolute atomic E-state index is 0.0331. The van der Waals surface area contributed by atoms with E-state index in [9.17, 15) is 26.3 Å². The summed E-state index contributed by atoms with van der Waals surface area (Å²) in [6.07, 6.45) is -4.51. The molecule has 2 aromatic heterocycles. The van der Waals surface area contributed by atoms with Gasteiger partial charge in [0.1, 0.15) is 6.33 Å². The summed E-state index contributed by atoms with van der Waals surface area (Å²) in [4.78, 5) is 19.5. The number of nitrogens with zero attached hydrogens (tertiary/aromatic N) is 5. The maximum Gasteiger partial charge on any atom is 0.422 e. The second kappa shape index (κ2) is 10.6. The maximum absolute atomic E-state index is 13.0. The van der Waals surface area contributed by atoms with Crippen LogP contribution in [0.2, 0.25) is 0 Å². The van der Waals surface area contributed by atoms with Crippen molar-refractivity contribution in [2.75, 3.05) is 17.2 Å². The van der Waals surface area contributed by atoms with Gasteiger partial charge in [-0.25, -0.2) is 9.97 Å². The zero-order valence-electron chi connectivity index (χ0n) is 18.7. The predicted octanol–water partition coefficient (Wildman–Crippen LogP) is 5.64. The van der Waals surface area contributed by atoms with Crippen molar-refractivity contribution in [2.45, 2.75) is 18.9 Å². The minimum atomic E-state index is -4.65. The number of ether oxygens (including phenoxy) is 1. The minimum Gasteiger partial charge on any atom is -0.454 e. The van der Waals surface area contributed by atoms with Gasteiger partial charge in [-0.1, -0.05) is 30.3 Å². The topological polar surface area (TPSA) is 97.7 Å². The SMILES string of the molecule is FC(F)(F)COc1nc(NCc2ccc(-c3cncnc3)cc2)nc(Nc2cccc(C(F)(F)F)c2)n1. The lowest BCUT2D eigenvalue weighted by molar-refractivity contribution is -0.154. The van der Waals surface area contributed by atoms with Gasteiger partial charge in [0.2, 0.25) is 11.9 Å². The van der Waals surface area contributed by atoms with E-state index in [1.807, 2.05) is 12.1 Å². The highest BCUT2D eigenvalue weighted by Crippen LogP contribution is 2.31. The zero-order chi connectivity index (χ0) is 26.5. The number of nitrogens with one attached hydrogen (secondary N) is 2. The zero-order valence-corrected chi connectivity index (χ0v) is 18.7. The summed E-state index contributed by atoms with van der Waals surface area (Å²) in [6, 6.07) is 10.8. The van der Waals surface area contributed by atoms with E-state index in [1.54, 1.807) is 24.5 Å². The summed E-state index contributed by atoms with van der Waals surface area (Å²) in [5.41, 5.74) is 1.51. The Balaban J connectivity index is 1.52. The molecule has 37 heavy (non-hydrogen) atoms. The molecule has 0 aliphatic rings. The Morgan fingerprint density at radius 1 is 0.784 bits per heavy atom. The first-order chi connectivity index (χ1) is 17.5. The molecule has 0 saturated carbocycles. The van der Waals surface area contributed by atoms with Crippen molar-refractivity contribution in [1.29, 1.82) is 0 Å². The number of benzene rings is 2. The number of hydrogen-bond acceptors (Lipinski definition) is 8. The number of hydrogen-bond donors (Lipinski definition) is 2. The van der Waals surface area contributed by atoms with Gasteiger partial charge < -0.3 is 15.4 Å². The standard InChI is InChI=1S/C23H17F6N7O/c24-22(25,26)12-37-21-35-19(32-9-14-4-6-15(7-5-14)16-10-30-13-31-11-16)34-20(36-21)33-18-3-1-2-17(8-18)23(27,28)29/h1-8,10-11,13H,9,12H2,(H2,32,33,34,35,36). The highest BCUT2D eigenvalue weighted by atomic mass is 19.4. The van der Waals surface area contributed by atoms with Crippen molar-refractivity contribution >= 4 is 17.6 Å². The second-order valence-electron chi connectivity index (χ2n) is 7.55. The first kappa shape index (κ1) is 25.6. The molecular formula is C23H17F6N7O. The average Bonchev–Trinajstić information content (AvgIpc) is 2.86. The summed E-state index contributed by atoms with van der Waals surface area (Å²) in [5, 5.41) is 5.39. The molecule has 2 aromatic carbocycles. The summed E-state index contributed by atoms with van der Waals surface area (Å²) >= 11 is 0. The number of halogens is 6. The van der Waals surface area contributed by atoms with Crippen LogP contribution in [0.15, 0.2) is 67.3 Å². The molecular weight excluding hydrogens is 504 g/mol. The van der Waals surface area contributed by atoms with Crippen LogP contribution in [0, 0.1) is 0 Å². The van der Waals surface area contributed by atoms with Gasteiger partial charge in [-0.3, -0.25) is 0 Å². The van der Waals surface area contributed by atoms with Gasteiger partial charge in [0.25, 0.3) is 0 Å². The van der Waals surface area contributed by atoms with Crippen molar-refractivity contribution in [3.05, 3.63) is 78.4 Å². The fourth-order valence-electron chi connectivity index (χ4n) is 3.05. The molecule has 0 fully saturated rings. The van der Waals surface area contributed by atoms with Gasteiger partial charge in [0.15, 0.2) is 6.61 Å². The van der Waals surface area contributed by atoms with E-state index in [4.69, 9.17) is 0 Å². The van der Waals surface area contributed by atoms with Crippen molar-refractivity contribution in [1.82, 2.24) is 24.9 Å². The van der Waals surface area contributed by atoms with Crippen LogP contribution in [-0.2, 0) is 12.7 Å². The highest BCUT2D eigenvalue weighted by Gasteiger charge is 2.31. The normalized spacial score (nSPS) is 11.7. The molecule has 4 rings (SSSR count). The first-order valence-corrected chi connectivity index (χ1v) is 10.5. The molecule has 0 radical (unpaired) electrons. The van der Waals surface area contributed by atoms with Crippen LogP contribution >= 0.6 is 0 Å². The third kappa shape index (κ3) is 7.49. The molecule has 0 aliphatic heterocycles. The van der Waals surface area contributed by atoms with Crippen molar-refractivity contribution in [2.24, 2.45) is 0 Å². The first-order valence-electron chi connectivity index (χ1n) is 10.5. The molecule has 0 unspecified atom stereocenters. The Hall–Kier alpha value is -4.49. The molecule has 14 heteroatoms. The summed E-state index contributed by atoms with van der Waals surface area (Å²) in [7, 11) is 0. The van der Waals surface area contributed by atoms with Gasteiger partial charge in [0.05, 0.1) is 5.56 Å². The molecule has 0 aliphatic carbocycles. The molecule has 0 spiro atoms. The molecule has 4 aromatic rings. The largest absolute Gasteiger partial charge is 0.454 e. The Morgan fingerprint density at radius 3 is 2.16 bits per heavy atom. The number of alkyl halides is 6. The maximum atomic E-state index is 13.0. The average molecular weight is 521 g/mol. The predicted molar refractivity (Wildman–Crippen MR) is 121 cm³/mol. The second-order valence-corrected chi connectivity index (χ2v) is 7.55. The Kier molecular flexibility index (Phi) is 7.36. The van der Waals surface area contributed by atoms with E-state index in [2.05, 4.69) is 40.3 Å². The fraction of sp³-hybridized carbons (Fsp3) is 0.174. The van der Waals surface area contributed by atoms with Crippen LogP contribution in [0.3, 0.4) is 0 Å².